The summed E-state index contributed by atoms with van der Waals surface area (Å²) in [5.41, 5.74) is -0.506. The standard InChI is InChI=1S/C14H11F2N3O4/c15-9-1-3-11(12(16)7-9)14(20)23-6-5-17-13-4-2-10(8-18-13)19(21)22/h1-4,7-8H,5-6H2,(H,17,18). The zero-order chi connectivity index (χ0) is 16.8. The number of halogens is 2. The SMILES string of the molecule is O=C(OCCNc1ccc([N+](=O)[O-])cn1)c1ccc(F)cc1F. The lowest BCUT2D eigenvalue weighted by molar-refractivity contribution is -0.385. The smallest absolute Gasteiger partial charge is 0.341 e. The fraction of sp³-hybridized carbons (Fsp3) is 0.143. The number of nitrogens with one attached hydrogen (secondary N) is 1. The van der Waals surface area contributed by atoms with Gasteiger partial charge in [-0.15, -0.1) is 0 Å². The van der Waals surface area contributed by atoms with Crippen LogP contribution in [0.2, 0.25) is 0 Å². The van der Waals surface area contributed by atoms with Crippen LogP contribution in [-0.4, -0.2) is 29.0 Å². The van der Waals surface area contributed by atoms with Crippen LogP contribution in [0.1, 0.15) is 10.4 Å². The van der Waals surface area contributed by atoms with E-state index >= 15 is 0 Å². The number of rotatable bonds is 6. The summed E-state index contributed by atoms with van der Waals surface area (Å²) in [5, 5.41) is 13.2. The molecule has 120 valence electrons. The van der Waals surface area contributed by atoms with Crippen LogP contribution in [0.3, 0.4) is 0 Å². The van der Waals surface area contributed by atoms with E-state index in [1.54, 1.807) is 0 Å². The van der Waals surface area contributed by atoms with Crippen LogP contribution in [0.5, 0.6) is 0 Å². The highest BCUT2D eigenvalue weighted by Gasteiger charge is 2.13. The van der Waals surface area contributed by atoms with E-state index in [0.29, 0.717) is 11.9 Å². The first-order valence-electron chi connectivity index (χ1n) is 6.44. The summed E-state index contributed by atoms with van der Waals surface area (Å²) in [6.07, 6.45) is 1.09. The maximum absolute atomic E-state index is 13.4. The second-order valence-electron chi connectivity index (χ2n) is 4.35. The van der Waals surface area contributed by atoms with Crippen molar-refractivity contribution < 1.29 is 23.2 Å². The molecule has 2 aromatic rings. The maximum atomic E-state index is 13.4. The zero-order valence-electron chi connectivity index (χ0n) is 11.7. The van der Waals surface area contributed by atoms with Crippen LogP contribution in [0.15, 0.2) is 36.5 Å². The maximum Gasteiger partial charge on any atom is 0.341 e. The minimum Gasteiger partial charge on any atom is -0.460 e. The lowest BCUT2D eigenvalue weighted by Crippen LogP contribution is -2.15. The van der Waals surface area contributed by atoms with Crippen LogP contribution in [0.25, 0.3) is 0 Å². The van der Waals surface area contributed by atoms with Gasteiger partial charge in [-0.2, -0.15) is 0 Å². The number of hydrogen-bond donors (Lipinski definition) is 1. The summed E-state index contributed by atoms with van der Waals surface area (Å²) in [5.74, 6) is -2.34. The molecule has 9 heteroatoms. The van der Waals surface area contributed by atoms with E-state index in [1.807, 2.05) is 0 Å². The number of anilines is 1. The number of hydrogen-bond acceptors (Lipinski definition) is 6. The number of carbonyl (C=O) groups is 1. The minimum atomic E-state index is -1.00. The van der Waals surface area contributed by atoms with Crippen LogP contribution >= 0.6 is 0 Å². The Kier molecular flexibility index (Phi) is 5.13. The first-order chi connectivity index (χ1) is 11.0. The van der Waals surface area contributed by atoms with E-state index < -0.39 is 22.5 Å². The van der Waals surface area contributed by atoms with Crippen molar-refractivity contribution in [2.75, 3.05) is 18.5 Å². The molecule has 0 saturated heterocycles. The third kappa shape index (κ3) is 4.43. The molecule has 0 radical (unpaired) electrons. The Morgan fingerprint density at radius 1 is 1.30 bits per heavy atom. The third-order valence-corrected chi connectivity index (χ3v) is 2.75. The van der Waals surface area contributed by atoms with Gasteiger partial charge in [-0.3, -0.25) is 10.1 Å². The molecule has 0 spiro atoms. The number of nitro groups is 1. The summed E-state index contributed by atoms with van der Waals surface area (Å²) < 4.78 is 30.9. The van der Waals surface area contributed by atoms with Crippen molar-refractivity contribution in [2.24, 2.45) is 0 Å². The normalized spacial score (nSPS) is 10.2. The molecule has 7 nitrogen and oxygen atoms in total. The zero-order valence-corrected chi connectivity index (χ0v) is 11.7. The molecule has 0 amide bonds. The molecule has 0 saturated carbocycles. The number of pyridine rings is 1. The predicted molar refractivity (Wildman–Crippen MR) is 76.0 cm³/mol. The molecule has 1 N–H and O–H groups in total. The summed E-state index contributed by atoms with van der Waals surface area (Å²) >= 11 is 0. The lowest BCUT2D eigenvalue weighted by Gasteiger charge is -2.07. The molecule has 2 rings (SSSR count). The predicted octanol–water partition coefficient (Wildman–Crippen LogP) is 2.54. The van der Waals surface area contributed by atoms with E-state index in [-0.39, 0.29) is 24.4 Å². The van der Waals surface area contributed by atoms with Gasteiger partial charge in [0.25, 0.3) is 5.69 Å². The summed E-state index contributed by atoms with van der Waals surface area (Å²) in [7, 11) is 0. The second-order valence-corrected chi connectivity index (χ2v) is 4.35. The van der Waals surface area contributed by atoms with E-state index in [9.17, 15) is 23.7 Å². The minimum absolute atomic E-state index is 0.0890. The lowest BCUT2D eigenvalue weighted by atomic mass is 10.2. The highest BCUT2D eigenvalue weighted by atomic mass is 19.1. The summed E-state index contributed by atoms with van der Waals surface area (Å²) in [4.78, 5) is 25.3. The third-order valence-electron chi connectivity index (χ3n) is 2.75. The second kappa shape index (κ2) is 7.25. The van der Waals surface area contributed by atoms with Crippen LogP contribution in [-0.2, 0) is 4.74 Å². The number of ether oxygens (including phenoxy) is 1. The topological polar surface area (TPSA) is 94.4 Å². The fourth-order valence-corrected chi connectivity index (χ4v) is 1.65. The van der Waals surface area contributed by atoms with Gasteiger partial charge in [-0.1, -0.05) is 0 Å². The fourth-order valence-electron chi connectivity index (χ4n) is 1.65. The van der Waals surface area contributed by atoms with Gasteiger partial charge in [-0.05, 0) is 18.2 Å². The van der Waals surface area contributed by atoms with Crippen molar-refractivity contribution in [1.29, 1.82) is 0 Å². The first kappa shape index (κ1) is 16.3. The number of carbonyl (C=O) groups excluding carboxylic acids is 1. The van der Waals surface area contributed by atoms with Gasteiger partial charge >= 0.3 is 5.97 Å². The average molecular weight is 323 g/mol. The van der Waals surface area contributed by atoms with Crippen molar-refractivity contribution in [1.82, 2.24) is 4.98 Å². The molecule has 0 aliphatic heterocycles. The Morgan fingerprint density at radius 2 is 2.09 bits per heavy atom. The van der Waals surface area contributed by atoms with Gasteiger partial charge in [0.05, 0.1) is 17.0 Å². The molecule has 0 aliphatic rings. The molecule has 0 bridgehead atoms. The van der Waals surface area contributed by atoms with Gasteiger partial charge in [-0.25, -0.2) is 18.6 Å². The van der Waals surface area contributed by atoms with Crippen molar-refractivity contribution in [3.05, 3.63) is 63.8 Å². The Labute approximate surface area is 129 Å². The summed E-state index contributed by atoms with van der Waals surface area (Å²) in [6, 6.07) is 5.22. The molecule has 0 fully saturated rings. The highest BCUT2D eigenvalue weighted by Crippen LogP contribution is 2.12. The van der Waals surface area contributed by atoms with Gasteiger partial charge < -0.3 is 10.1 Å². The highest BCUT2D eigenvalue weighted by molar-refractivity contribution is 5.89. The van der Waals surface area contributed by atoms with E-state index in [2.05, 4.69) is 10.3 Å². The van der Waals surface area contributed by atoms with E-state index in [1.165, 1.54) is 12.1 Å². The monoisotopic (exact) mass is 323 g/mol. The Bertz CT molecular complexity index is 722. The number of benzene rings is 1. The van der Waals surface area contributed by atoms with Crippen molar-refractivity contribution in [3.63, 3.8) is 0 Å². The largest absolute Gasteiger partial charge is 0.460 e. The average Bonchev–Trinajstić information content (AvgIpc) is 2.51. The Balaban J connectivity index is 1.80. The van der Waals surface area contributed by atoms with Crippen LogP contribution in [0.4, 0.5) is 20.3 Å². The van der Waals surface area contributed by atoms with Gasteiger partial charge in [0.1, 0.15) is 30.3 Å². The summed E-state index contributed by atoms with van der Waals surface area (Å²) in [6.45, 7) is 0.0771. The molecular formula is C14H11F2N3O4. The molecule has 23 heavy (non-hydrogen) atoms. The number of esters is 1. The molecule has 1 aromatic heterocycles. The van der Waals surface area contributed by atoms with Gasteiger partial charge in [0.2, 0.25) is 0 Å². The molecule has 0 atom stereocenters. The van der Waals surface area contributed by atoms with Crippen LogP contribution in [0, 0.1) is 21.7 Å². The van der Waals surface area contributed by atoms with Gasteiger partial charge in [0, 0.05) is 12.1 Å². The number of nitrogens with zero attached hydrogens (tertiary/aromatic N) is 2. The Hall–Kier alpha value is -3.10. The number of aromatic nitrogens is 1. The molecule has 0 unspecified atom stereocenters. The Morgan fingerprint density at radius 3 is 2.70 bits per heavy atom. The molecule has 1 aromatic carbocycles. The van der Waals surface area contributed by atoms with Crippen LogP contribution < -0.4 is 5.32 Å². The first-order valence-corrected chi connectivity index (χ1v) is 6.44. The molecule has 0 aliphatic carbocycles. The quantitative estimate of drug-likeness (QED) is 0.380. The molecular weight excluding hydrogens is 312 g/mol. The van der Waals surface area contributed by atoms with Crippen molar-refractivity contribution >= 4 is 17.5 Å². The van der Waals surface area contributed by atoms with Crippen molar-refractivity contribution in [3.8, 4) is 0 Å². The van der Waals surface area contributed by atoms with E-state index in [0.717, 1.165) is 18.3 Å². The van der Waals surface area contributed by atoms with E-state index in [4.69, 9.17) is 4.74 Å². The molecule has 1 heterocycles. The van der Waals surface area contributed by atoms with Crippen molar-refractivity contribution in [2.45, 2.75) is 0 Å². The van der Waals surface area contributed by atoms with Gasteiger partial charge in [0.15, 0.2) is 0 Å².